The Morgan fingerprint density at radius 1 is 1.00 bits per heavy atom. The number of ether oxygens (including phenoxy) is 2. The molecule has 0 amide bonds. The fourth-order valence-corrected chi connectivity index (χ4v) is 2.79. The van der Waals surface area contributed by atoms with Crippen LogP contribution in [0, 0.1) is 0 Å². The van der Waals surface area contributed by atoms with Gasteiger partial charge in [0.05, 0.1) is 35.3 Å². The summed E-state index contributed by atoms with van der Waals surface area (Å²) in [7, 11) is 3.15. The lowest BCUT2D eigenvalue weighted by Gasteiger charge is -2.07. The predicted octanol–water partition coefficient (Wildman–Crippen LogP) is 4.55. The summed E-state index contributed by atoms with van der Waals surface area (Å²) in [5, 5.41) is 0.885. The SMILES string of the molecule is COc1ccc2nc(-c3cc(Cl)c(OC)c(Cl)c3)[nH]c2c1. The first-order valence-corrected chi connectivity index (χ1v) is 6.95. The fourth-order valence-electron chi connectivity index (χ4n) is 2.14. The zero-order chi connectivity index (χ0) is 15.0. The fraction of sp³-hybridized carbons (Fsp3) is 0.133. The summed E-state index contributed by atoms with van der Waals surface area (Å²) >= 11 is 12.3. The summed E-state index contributed by atoms with van der Waals surface area (Å²) in [5.74, 6) is 1.91. The summed E-state index contributed by atoms with van der Waals surface area (Å²) in [5.41, 5.74) is 2.52. The molecule has 4 nitrogen and oxygen atoms in total. The molecule has 0 saturated heterocycles. The highest BCUT2D eigenvalue weighted by atomic mass is 35.5. The molecule has 3 aromatic rings. The number of imidazole rings is 1. The van der Waals surface area contributed by atoms with Crippen molar-refractivity contribution in [2.75, 3.05) is 14.2 Å². The minimum absolute atomic E-state index is 0.443. The molecule has 0 unspecified atom stereocenters. The standard InChI is InChI=1S/C15H12Cl2N2O2/c1-20-9-3-4-12-13(7-9)19-15(18-12)8-5-10(16)14(21-2)11(17)6-8/h3-7H,1-2H3,(H,18,19). The molecule has 0 spiro atoms. The number of benzene rings is 2. The Hall–Kier alpha value is -1.91. The Bertz CT molecular complexity index is 792. The van der Waals surface area contributed by atoms with Gasteiger partial charge in [0.1, 0.15) is 11.6 Å². The van der Waals surface area contributed by atoms with Gasteiger partial charge in [-0.25, -0.2) is 4.98 Å². The third-order valence-electron chi connectivity index (χ3n) is 3.16. The van der Waals surface area contributed by atoms with Gasteiger partial charge in [-0.2, -0.15) is 0 Å². The van der Waals surface area contributed by atoms with Crippen molar-refractivity contribution in [3.8, 4) is 22.9 Å². The molecule has 0 aliphatic rings. The van der Waals surface area contributed by atoms with E-state index in [1.165, 1.54) is 7.11 Å². The van der Waals surface area contributed by atoms with Crippen LogP contribution in [0.1, 0.15) is 0 Å². The van der Waals surface area contributed by atoms with Crippen LogP contribution in [0.3, 0.4) is 0 Å². The molecule has 108 valence electrons. The largest absolute Gasteiger partial charge is 0.497 e. The Morgan fingerprint density at radius 2 is 1.71 bits per heavy atom. The summed E-state index contributed by atoms with van der Waals surface area (Å²) < 4.78 is 10.3. The highest BCUT2D eigenvalue weighted by molar-refractivity contribution is 6.37. The first-order valence-electron chi connectivity index (χ1n) is 6.19. The number of H-pyrrole nitrogens is 1. The first-order chi connectivity index (χ1) is 10.1. The van der Waals surface area contributed by atoms with Crippen molar-refractivity contribution in [3.05, 3.63) is 40.4 Å². The normalized spacial score (nSPS) is 10.9. The molecule has 3 rings (SSSR count). The van der Waals surface area contributed by atoms with Crippen LogP contribution in [-0.4, -0.2) is 24.2 Å². The molecule has 2 aromatic carbocycles. The topological polar surface area (TPSA) is 47.1 Å². The number of nitrogens with one attached hydrogen (secondary N) is 1. The second kappa shape index (κ2) is 5.47. The molecule has 1 heterocycles. The van der Waals surface area contributed by atoms with Crippen molar-refractivity contribution in [1.29, 1.82) is 0 Å². The van der Waals surface area contributed by atoms with E-state index < -0.39 is 0 Å². The van der Waals surface area contributed by atoms with Crippen molar-refractivity contribution < 1.29 is 9.47 Å². The lowest BCUT2D eigenvalue weighted by atomic mass is 10.2. The van der Waals surface area contributed by atoms with Crippen LogP contribution in [0.5, 0.6) is 11.5 Å². The van der Waals surface area contributed by atoms with E-state index in [2.05, 4.69) is 9.97 Å². The number of fused-ring (bicyclic) bond motifs is 1. The lowest BCUT2D eigenvalue weighted by Crippen LogP contribution is -1.88. The van der Waals surface area contributed by atoms with E-state index in [0.717, 1.165) is 22.3 Å². The minimum atomic E-state index is 0.443. The maximum Gasteiger partial charge on any atom is 0.156 e. The Morgan fingerprint density at radius 3 is 2.33 bits per heavy atom. The average molecular weight is 323 g/mol. The number of hydrogen-bond donors (Lipinski definition) is 1. The quantitative estimate of drug-likeness (QED) is 0.769. The first kappa shape index (κ1) is 14.0. The monoisotopic (exact) mass is 322 g/mol. The molecular formula is C15H12Cl2N2O2. The van der Waals surface area contributed by atoms with E-state index in [1.807, 2.05) is 18.2 Å². The van der Waals surface area contributed by atoms with Crippen molar-refractivity contribution >= 4 is 34.2 Å². The van der Waals surface area contributed by atoms with E-state index in [4.69, 9.17) is 32.7 Å². The summed E-state index contributed by atoms with van der Waals surface area (Å²) in [4.78, 5) is 7.76. The van der Waals surface area contributed by atoms with Crippen LogP contribution in [0.25, 0.3) is 22.4 Å². The molecule has 6 heteroatoms. The molecule has 1 aromatic heterocycles. The van der Waals surface area contributed by atoms with Crippen LogP contribution in [0.15, 0.2) is 30.3 Å². The minimum Gasteiger partial charge on any atom is -0.497 e. The number of halogens is 2. The Labute approximate surface area is 131 Å². The maximum absolute atomic E-state index is 6.16. The van der Waals surface area contributed by atoms with Gasteiger partial charge in [0.2, 0.25) is 0 Å². The molecule has 0 fully saturated rings. The maximum atomic E-state index is 6.16. The molecule has 0 aliphatic carbocycles. The molecule has 0 radical (unpaired) electrons. The molecule has 0 bridgehead atoms. The third-order valence-corrected chi connectivity index (χ3v) is 3.73. The molecular weight excluding hydrogens is 311 g/mol. The van der Waals surface area contributed by atoms with E-state index in [0.29, 0.717) is 21.6 Å². The van der Waals surface area contributed by atoms with Gasteiger partial charge >= 0.3 is 0 Å². The van der Waals surface area contributed by atoms with Crippen molar-refractivity contribution in [2.24, 2.45) is 0 Å². The molecule has 21 heavy (non-hydrogen) atoms. The van der Waals surface area contributed by atoms with Crippen LogP contribution >= 0.6 is 23.2 Å². The number of rotatable bonds is 3. The van der Waals surface area contributed by atoms with Gasteiger partial charge in [-0.1, -0.05) is 23.2 Å². The van der Waals surface area contributed by atoms with E-state index >= 15 is 0 Å². The number of hydrogen-bond acceptors (Lipinski definition) is 3. The smallest absolute Gasteiger partial charge is 0.156 e. The second-order valence-electron chi connectivity index (χ2n) is 4.44. The number of aromatic amines is 1. The molecule has 0 aliphatic heterocycles. The van der Waals surface area contributed by atoms with Crippen LogP contribution < -0.4 is 9.47 Å². The zero-order valence-corrected chi connectivity index (χ0v) is 12.9. The number of nitrogens with zero attached hydrogens (tertiary/aromatic N) is 1. The molecule has 0 saturated carbocycles. The Kier molecular flexibility index (Phi) is 3.66. The van der Waals surface area contributed by atoms with E-state index in [9.17, 15) is 0 Å². The van der Waals surface area contributed by atoms with Crippen LogP contribution in [0.4, 0.5) is 0 Å². The van der Waals surface area contributed by atoms with Gasteiger partial charge in [0.25, 0.3) is 0 Å². The summed E-state index contributed by atoms with van der Waals surface area (Å²) in [6.07, 6.45) is 0. The van der Waals surface area contributed by atoms with Gasteiger partial charge in [-0.15, -0.1) is 0 Å². The second-order valence-corrected chi connectivity index (χ2v) is 5.26. The van der Waals surface area contributed by atoms with Crippen molar-refractivity contribution in [1.82, 2.24) is 9.97 Å². The molecule has 0 atom stereocenters. The van der Waals surface area contributed by atoms with Crippen molar-refractivity contribution in [3.63, 3.8) is 0 Å². The predicted molar refractivity (Wildman–Crippen MR) is 84.7 cm³/mol. The van der Waals surface area contributed by atoms with E-state index in [1.54, 1.807) is 19.2 Å². The highest BCUT2D eigenvalue weighted by Gasteiger charge is 2.12. The van der Waals surface area contributed by atoms with Crippen LogP contribution in [0.2, 0.25) is 10.0 Å². The third kappa shape index (κ3) is 2.52. The number of aromatic nitrogens is 2. The lowest BCUT2D eigenvalue weighted by molar-refractivity contribution is 0.415. The van der Waals surface area contributed by atoms with Gasteiger partial charge in [0, 0.05) is 11.6 Å². The zero-order valence-electron chi connectivity index (χ0n) is 11.4. The highest BCUT2D eigenvalue weighted by Crippen LogP contribution is 2.37. The van der Waals surface area contributed by atoms with Gasteiger partial charge in [-0.05, 0) is 24.3 Å². The van der Waals surface area contributed by atoms with Gasteiger partial charge in [0.15, 0.2) is 5.75 Å². The van der Waals surface area contributed by atoms with E-state index in [-0.39, 0.29) is 0 Å². The van der Waals surface area contributed by atoms with Gasteiger partial charge < -0.3 is 14.5 Å². The van der Waals surface area contributed by atoms with Gasteiger partial charge in [-0.3, -0.25) is 0 Å². The van der Waals surface area contributed by atoms with Crippen molar-refractivity contribution in [2.45, 2.75) is 0 Å². The number of methoxy groups -OCH3 is 2. The average Bonchev–Trinajstić information content (AvgIpc) is 2.89. The Balaban J connectivity index is 2.12. The summed E-state index contributed by atoms with van der Waals surface area (Å²) in [6, 6.07) is 9.17. The molecule has 1 N–H and O–H groups in total. The summed E-state index contributed by atoms with van der Waals surface area (Å²) in [6.45, 7) is 0. The van der Waals surface area contributed by atoms with Crippen LogP contribution in [-0.2, 0) is 0 Å².